The Labute approximate surface area is 126 Å². The van der Waals surface area contributed by atoms with Gasteiger partial charge in [0.25, 0.3) is 5.91 Å². The molecule has 21 heavy (non-hydrogen) atoms. The summed E-state index contributed by atoms with van der Waals surface area (Å²) in [5.74, 6) is 0.226. The molecule has 0 unspecified atom stereocenters. The fraction of sp³-hybridized carbons (Fsp3) is 0.0625. The maximum Gasteiger partial charge on any atom is 0.256 e. The van der Waals surface area contributed by atoms with E-state index in [1.807, 2.05) is 0 Å². The molecule has 2 aromatic carbocycles. The van der Waals surface area contributed by atoms with Crippen molar-refractivity contribution in [2.75, 3.05) is 12.4 Å². The number of phenolic OH excluding ortho intramolecular Hbond substituents is 1. The third-order valence-electron chi connectivity index (χ3n) is 3.28. The van der Waals surface area contributed by atoms with Crippen LogP contribution in [0, 0.1) is 0 Å². The number of halogens is 1. The van der Waals surface area contributed by atoms with Gasteiger partial charge in [0.1, 0.15) is 0 Å². The van der Waals surface area contributed by atoms with E-state index in [0.29, 0.717) is 27.6 Å². The van der Waals surface area contributed by atoms with Crippen molar-refractivity contribution in [2.24, 2.45) is 0 Å². The highest BCUT2D eigenvalue weighted by molar-refractivity contribution is 6.36. The molecule has 0 fully saturated rings. The highest BCUT2D eigenvalue weighted by Gasteiger charge is 2.24. The Morgan fingerprint density at radius 1 is 1.24 bits per heavy atom. The standard InChI is InChI=1S/C16H12ClNO3/c1-21-15-5-2-9(7-14(15)19)6-12-11-4-3-10(17)8-13(11)18-16(12)20/h2-8,19H,1H3,(H,18,20)/b12-6+. The fourth-order valence-corrected chi connectivity index (χ4v) is 2.45. The van der Waals surface area contributed by atoms with Crippen LogP contribution < -0.4 is 10.1 Å². The summed E-state index contributed by atoms with van der Waals surface area (Å²) in [4.78, 5) is 12.0. The Bertz CT molecular complexity index is 768. The maximum atomic E-state index is 12.0. The van der Waals surface area contributed by atoms with E-state index in [9.17, 15) is 9.90 Å². The molecule has 0 radical (unpaired) electrons. The predicted molar refractivity (Wildman–Crippen MR) is 82.6 cm³/mol. The van der Waals surface area contributed by atoms with Gasteiger partial charge < -0.3 is 15.2 Å². The van der Waals surface area contributed by atoms with Crippen LogP contribution >= 0.6 is 11.6 Å². The number of ether oxygens (including phenoxy) is 1. The van der Waals surface area contributed by atoms with E-state index in [4.69, 9.17) is 16.3 Å². The summed E-state index contributed by atoms with van der Waals surface area (Å²) in [6, 6.07) is 10.2. The van der Waals surface area contributed by atoms with Gasteiger partial charge in [-0.3, -0.25) is 4.79 Å². The van der Waals surface area contributed by atoms with Gasteiger partial charge in [-0.2, -0.15) is 0 Å². The van der Waals surface area contributed by atoms with Gasteiger partial charge in [-0.25, -0.2) is 0 Å². The third kappa shape index (κ3) is 2.45. The number of methoxy groups -OCH3 is 1. The lowest BCUT2D eigenvalue weighted by Gasteiger charge is -2.04. The van der Waals surface area contributed by atoms with Gasteiger partial charge in [-0.05, 0) is 35.9 Å². The minimum Gasteiger partial charge on any atom is -0.504 e. The Morgan fingerprint density at radius 3 is 2.76 bits per heavy atom. The molecule has 2 aromatic rings. The third-order valence-corrected chi connectivity index (χ3v) is 3.51. The van der Waals surface area contributed by atoms with Gasteiger partial charge in [0.05, 0.1) is 12.8 Å². The zero-order valence-electron chi connectivity index (χ0n) is 11.2. The SMILES string of the molecule is COc1ccc(/C=C2/C(=O)Nc3cc(Cl)ccc32)cc1O. The molecule has 1 aliphatic rings. The van der Waals surface area contributed by atoms with Crippen molar-refractivity contribution in [1.29, 1.82) is 0 Å². The topological polar surface area (TPSA) is 58.6 Å². The molecule has 1 heterocycles. The average Bonchev–Trinajstić information content (AvgIpc) is 2.74. The van der Waals surface area contributed by atoms with Crippen molar-refractivity contribution >= 4 is 34.8 Å². The van der Waals surface area contributed by atoms with Gasteiger partial charge in [-0.15, -0.1) is 0 Å². The Morgan fingerprint density at radius 2 is 2.05 bits per heavy atom. The van der Waals surface area contributed by atoms with Crippen molar-refractivity contribution in [3.63, 3.8) is 0 Å². The first kappa shape index (κ1) is 13.5. The first-order valence-corrected chi connectivity index (χ1v) is 6.66. The lowest BCUT2D eigenvalue weighted by atomic mass is 10.0. The van der Waals surface area contributed by atoms with Crippen LogP contribution in [0.5, 0.6) is 11.5 Å². The van der Waals surface area contributed by atoms with Crippen molar-refractivity contribution < 1.29 is 14.6 Å². The molecule has 3 rings (SSSR count). The lowest BCUT2D eigenvalue weighted by Crippen LogP contribution is -2.03. The number of phenols is 1. The highest BCUT2D eigenvalue weighted by Crippen LogP contribution is 2.35. The van der Waals surface area contributed by atoms with Crippen molar-refractivity contribution in [3.05, 3.63) is 52.5 Å². The first-order chi connectivity index (χ1) is 10.1. The Kier molecular flexibility index (Phi) is 3.31. The van der Waals surface area contributed by atoms with Gasteiger partial charge >= 0.3 is 0 Å². The molecule has 0 aromatic heterocycles. The van der Waals surface area contributed by atoms with Crippen LogP contribution in [-0.2, 0) is 4.79 Å². The molecule has 1 aliphatic heterocycles. The first-order valence-electron chi connectivity index (χ1n) is 6.28. The second-order valence-corrected chi connectivity index (χ2v) is 5.07. The van der Waals surface area contributed by atoms with Gasteiger partial charge in [0.2, 0.25) is 0 Å². The number of nitrogens with one attached hydrogen (secondary N) is 1. The monoisotopic (exact) mass is 301 g/mol. The largest absolute Gasteiger partial charge is 0.504 e. The molecule has 4 nitrogen and oxygen atoms in total. The quantitative estimate of drug-likeness (QED) is 0.834. The van der Waals surface area contributed by atoms with E-state index in [1.165, 1.54) is 7.11 Å². The minimum absolute atomic E-state index is 0.0292. The zero-order valence-corrected chi connectivity index (χ0v) is 11.9. The van der Waals surface area contributed by atoms with Crippen molar-refractivity contribution in [2.45, 2.75) is 0 Å². The summed E-state index contributed by atoms with van der Waals surface area (Å²) in [6.07, 6.45) is 1.72. The fourth-order valence-electron chi connectivity index (χ4n) is 2.27. The van der Waals surface area contributed by atoms with Gasteiger partial charge in [-0.1, -0.05) is 23.7 Å². The number of fused-ring (bicyclic) bond motifs is 1. The number of hydrogen-bond acceptors (Lipinski definition) is 3. The molecular formula is C16H12ClNO3. The molecule has 0 bridgehead atoms. The van der Waals surface area contributed by atoms with E-state index >= 15 is 0 Å². The second-order valence-electron chi connectivity index (χ2n) is 4.63. The average molecular weight is 302 g/mol. The van der Waals surface area contributed by atoms with Crippen LogP contribution in [0.15, 0.2) is 36.4 Å². The highest BCUT2D eigenvalue weighted by atomic mass is 35.5. The van der Waals surface area contributed by atoms with E-state index in [0.717, 1.165) is 5.56 Å². The molecule has 5 heteroatoms. The van der Waals surface area contributed by atoms with Crippen LogP contribution in [-0.4, -0.2) is 18.1 Å². The maximum absolute atomic E-state index is 12.0. The lowest BCUT2D eigenvalue weighted by molar-refractivity contribution is -0.110. The normalized spacial score (nSPS) is 15.0. The molecule has 0 aliphatic carbocycles. The van der Waals surface area contributed by atoms with Crippen LogP contribution in [0.4, 0.5) is 5.69 Å². The van der Waals surface area contributed by atoms with E-state index in [2.05, 4.69) is 5.32 Å². The van der Waals surface area contributed by atoms with Gasteiger partial charge in [0, 0.05) is 16.2 Å². The van der Waals surface area contributed by atoms with Crippen molar-refractivity contribution in [1.82, 2.24) is 0 Å². The molecule has 0 spiro atoms. The van der Waals surface area contributed by atoms with Gasteiger partial charge in [0.15, 0.2) is 11.5 Å². The summed E-state index contributed by atoms with van der Waals surface area (Å²) < 4.78 is 5.00. The number of aromatic hydroxyl groups is 1. The summed E-state index contributed by atoms with van der Waals surface area (Å²) >= 11 is 5.92. The van der Waals surface area contributed by atoms with Crippen LogP contribution in [0.25, 0.3) is 11.6 Å². The van der Waals surface area contributed by atoms with Crippen LogP contribution in [0.2, 0.25) is 5.02 Å². The molecule has 106 valence electrons. The number of anilines is 1. The molecule has 0 saturated heterocycles. The summed E-state index contributed by atoms with van der Waals surface area (Å²) in [6.45, 7) is 0. The summed E-state index contributed by atoms with van der Waals surface area (Å²) in [5.41, 5.74) is 2.73. The number of hydrogen-bond donors (Lipinski definition) is 2. The number of carbonyl (C=O) groups excluding carboxylic acids is 1. The number of rotatable bonds is 2. The van der Waals surface area contributed by atoms with Crippen molar-refractivity contribution in [3.8, 4) is 11.5 Å². The zero-order chi connectivity index (χ0) is 15.0. The number of carbonyl (C=O) groups is 1. The summed E-state index contributed by atoms with van der Waals surface area (Å²) in [7, 11) is 1.48. The second kappa shape index (κ2) is 5.14. The Balaban J connectivity index is 2.04. The minimum atomic E-state index is -0.192. The predicted octanol–water partition coefficient (Wildman–Crippen LogP) is 3.55. The summed E-state index contributed by atoms with van der Waals surface area (Å²) in [5, 5.41) is 13.1. The molecule has 0 saturated carbocycles. The van der Waals surface area contributed by atoms with E-state index in [1.54, 1.807) is 42.5 Å². The molecule has 0 atom stereocenters. The molecular weight excluding hydrogens is 290 g/mol. The number of amides is 1. The number of benzene rings is 2. The molecule has 2 N–H and O–H groups in total. The smallest absolute Gasteiger partial charge is 0.256 e. The molecule has 1 amide bonds. The van der Waals surface area contributed by atoms with E-state index in [-0.39, 0.29) is 11.7 Å². The Hall–Kier alpha value is -2.46. The van der Waals surface area contributed by atoms with Crippen LogP contribution in [0.1, 0.15) is 11.1 Å². The van der Waals surface area contributed by atoms with E-state index < -0.39 is 0 Å². The van der Waals surface area contributed by atoms with Crippen LogP contribution in [0.3, 0.4) is 0 Å².